The molecule has 0 saturated heterocycles. The van der Waals surface area contributed by atoms with Crippen molar-refractivity contribution in [2.24, 2.45) is 5.73 Å². The van der Waals surface area contributed by atoms with Crippen molar-refractivity contribution in [3.8, 4) is 5.75 Å². The Labute approximate surface area is 130 Å². The van der Waals surface area contributed by atoms with Crippen molar-refractivity contribution in [3.05, 3.63) is 45.4 Å². The zero-order valence-electron chi connectivity index (χ0n) is 12.5. The molecule has 0 saturated carbocycles. The molecule has 1 atom stereocenters. The number of fused-ring (bicyclic) bond motifs is 1. The van der Waals surface area contributed by atoms with E-state index >= 15 is 0 Å². The lowest BCUT2D eigenvalue weighted by Crippen LogP contribution is -2.13. The molecule has 1 heterocycles. The average molecular weight is 302 g/mol. The third kappa shape index (κ3) is 3.44. The van der Waals surface area contributed by atoms with Crippen LogP contribution in [0.1, 0.15) is 46.9 Å². The number of nitrogens with zero attached hydrogens (tertiary/aromatic N) is 1. The van der Waals surface area contributed by atoms with E-state index < -0.39 is 0 Å². The summed E-state index contributed by atoms with van der Waals surface area (Å²) in [5.74, 6) is 0.901. The first-order chi connectivity index (χ1) is 10.3. The normalized spacial score (nSPS) is 15.5. The summed E-state index contributed by atoms with van der Waals surface area (Å²) in [6.45, 7) is 2.68. The molecule has 0 bridgehead atoms. The SMILES string of the molecule is CCOc1ccc(C(N)Cc2nc3c(s2)CCCC3)cc1. The van der Waals surface area contributed by atoms with Gasteiger partial charge in [0.25, 0.3) is 0 Å². The van der Waals surface area contributed by atoms with E-state index in [0.29, 0.717) is 6.61 Å². The highest BCUT2D eigenvalue weighted by atomic mass is 32.1. The molecule has 1 unspecified atom stereocenters. The molecular weight excluding hydrogens is 280 g/mol. The van der Waals surface area contributed by atoms with E-state index in [2.05, 4.69) is 12.1 Å². The first-order valence-corrected chi connectivity index (χ1v) is 8.53. The second-order valence-electron chi connectivity index (χ2n) is 5.50. The van der Waals surface area contributed by atoms with Gasteiger partial charge in [-0.2, -0.15) is 0 Å². The maximum absolute atomic E-state index is 6.33. The lowest BCUT2D eigenvalue weighted by molar-refractivity contribution is 0.340. The summed E-state index contributed by atoms with van der Waals surface area (Å²) in [4.78, 5) is 6.26. The Hall–Kier alpha value is -1.39. The minimum absolute atomic E-state index is 0.00767. The molecule has 112 valence electrons. The van der Waals surface area contributed by atoms with Crippen LogP contribution in [-0.2, 0) is 19.3 Å². The van der Waals surface area contributed by atoms with Crippen LogP contribution in [-0.4, -0.2) is 11.6 Å². The summed E-state index contributed by atoms with van der Waals surface area (Å²) in [6, 6.07) is 8.11. The van der Waals surface area contributed by atoms with E-state index in [1.807, 2.05) is 30.4 Å². The molecule has 0 fully saturated rings. The molecule has 3 nitrogen and oxygen atoms in total. The van der Waals surface area contributed by atoms with Gasteiger partial charge in [-0.25, -0.2) is 4.98 Å². The number of hydrogen-bond donors (Lipinski definition) is 1. The molecule has 4 heteroatoms. The van der Waals surface area contributed by atoms with Crippen LogP contribution < -0.4 is 10.5 Å². The lowest BCUT2D eigenvalue weighted by atomic mass is 10.0. The van der Waals surface area contributed by atoms with Gasteiger partial charge in [0.15, 0.2) is 0 Å². The Kier molecular flexibility index (Phi) is 4.56. The number of ether oxygens (including phenoxy) is 1. The fraction of sp³-hybridized carbons (Fsp3) is 0.471. The van der Waals surface area contributed by atoms with Gasteiger partial charge in [-0.05, 0) is 50.3 Å². The Morgan fingerprint density at radius 1 is 1.24 bits per heavy atom. The number of benzene rings is 1. The topological polar surface area (TPSA) is 48.1 Å². The van der Waals surface area contributed by atoms with Crippen LogP contribution in [0.3, 0.4) is 0 Å². The molecule has 3 rings (SSSR count). The van der Waals surface area contributed by atoms with Gasteiger partial charge in [0.1, 0.15) is 5.75 Å². The fourth-order valence-corrected chi connectivity index (χ4v) is 3.99. The molecule has 1 aromatic heterocycles. The quantitative estimate of drug-likeness (QED) is 0.917. The number of hydrogen-bond acceptors (Lipinski definition) is 4. The summed E-state index contributed by atoms with van der Waals surface area (Å²) >= 11 is 1.85. The third-order valence-corrected chi connectivity index (χ3v) is 5.08. The van der Waals surface area contributed by atoms with Gasteiger partial charge >= 0.3 is 0 Å². The van der Waals surface area contributed by atoms with Crippen LogP contribution in [0.5, 0.6) is 5.75 Å². The Morgan fingerprint density at radius 3 is 2.71 bits per heavy atom. The Bertz CT molecular complexity index is 568. The fourth-order valence-electron chi connectivity index (χ4n) is 2.78. The van der Waals surface area contributed by atoms with Crippen LogP contribution in [0.2, 0.25) is 0 Å². The van der Waals surface area contributed by atoms with Gasteiger partial charge in [0.05, 0.1) is 17.3 Å². The van der Waals surface area contributed by atoms with Crippen molar-refractivity contribution in [2.75, 3.05) is 6.61 Å². The minimum Gasteiger partial charge on any atom is -0.494 e. The molecule has 1 aliphatic carbocycles. The van der Waals surface area contributed by atoms with Crippen LogP contribution in [0.25, 0.3) is 0 Å². The van der Waals surface area contributed by atoms with Crippen molar-refractivity contribution in [1.82, 2.24) is 4.98 Å². The monoisotopic (exact) mass is 302 g/mol. The average Bonchev–Trinajstić information content (AvgIpc) is 2.90. The van der Waals surface area contributed by atoms with Crippen LogP contribution in [0.15, 0.2) is 24.3 Å². The second-order valence-corrected chi connectivity index (χ2v) is 6.67. The predicted octanol–water partition coefficient (Wildman–Crippen LogP) is 3.66. The number of aryl methyl sites for hydroxylation is 2. The number of thiazole rings is 1. The molecule has 0 radical (unpaired) electrons. The molecule has 0 aliphatic heterocycles. The van der Waals surface area contributed by atoms with E-state index in [1.54, 1.807) is 0 Å². The molecule has 0 amide bonds. The molecule has 21 heavy (non-hydrogen) atoms. The summed E-state index contributed by atoms with van der Waals surface area (Å²) in [5.41, 5.74) is 8.80. The van der Waals surface area contributed by atoms with Crippen molar-refractivity contribution in [2.45, 2.75) is 45.1 Å². The molecule has 1 aliphatic rings. The van der Waals surface area contributed by atoms with E-state index in [0.717, 1.165) is 24.2 Å². The molecule has 2 aromatic rings. The standard InChI is InChI=1S/C17H22N2OS/c1-2-20-13-9-7-12(8-10-13)14(18)11-17-19-15-5-3-4-6-16(15)21-17/h7-10,14H,2-6,11,18H2,1H3. The minimum atomic E-state index is 0.00767. The summed E-state index contributed by atoms with van der Waals surface area (Å²) in [5, 5.41) is 1.18. The summed E-state index contributed by atoms with van der Waals surface area (Å²) in [7, 11) is 0. The Morgan fingerprint density at radius 2 is 2.00 bits per heavy atom. The first kappa shape index (κ1) is 14.5. The smallest absolute Gasteiger partial charge is 0.119 e. The lowest BCUT2D eigenvalue weighted by Gasteiger charge is -2.11. The van der Waals surface area contributed by atoms with Crippen molar-refractivity contribution < 1.29 is 4.74 Å². The van der Waals surface area contributed by atoms with Crippen LogP contribution >= 0.6 is 11.3 Å². The molecule has 1 aromatic carbocycles. The van der Waals surface area contributed by atoms with E-state index in [-0.39, 0.29) is 6.04 Å². The Balaban J connectivity index is 1.67. The second kappa shape index (κ2) is 6.58. The maximum Gasteiger partial charge on any atom is 0.119 e. The highest BCUT2D eigenvalue weighted by Gasteiger charge is 2.17. The predicted molar refractivity (Wildman–Crippen MR) is 87.0 cm³/mol. The van der Waals surface area contributed by atoms with Gasteiger partial charge in [-0.15, -0.1) is 11.3 Å². The van der Waals surface area contributed by atoms with Gasteiger partial charge in [0, 0.05) is 17.3 Å². The van der Waals surface area contributed by atoms with E-state index in [4.69, 9.17) is 15.5 Å². The summed E-state index contributed by atoms with van der Waals surface area (Å²) < 4.78 is 5.46. The van der Waals surface area contributed by atoms with E-state index in [1.165, 1.54) is 34.8 Å². The number of rotatable bonds is 5. The maximum atomic E-state index is 6.33. The van der Waals surface area contributed by atoms with Crippen LogP contribution in [0, 0.1) is 0 Å². The summed E-state index contributed by atoms with van der Waals surface area (Å²) in [6.07, 6.45) is 5.75. The first-order valence-electron chi connectivity index (χ1n) is 7.72. The number of aromatic nitrogens is 1. The van der Waals surface area contributed by atoms with Gasteiger partial charge < -0.3 is 10.5 Å². The van der Waals surface area contributed by atoms with Crippen LogP contribution in [0.4, 0.5) is 0 Å². The highest BCUT2D eigenvalue weighted by molar-refractivity contribution is 7.11. The largest absolute Gasteiger partial charge is 0.494 e. The highest BCUT2D eigenvalue weighted by Crippen LogP contribution is 2.29. The van der Waals surface area contributed by atoms with Gasteiger partial charge in [0.2, 0.25) is 0 Å². The van der Waals surface area contributed by atoms with Gasteiger partial charge in [-0.3, -0.25) is 0 Å². The van der Waals surface area contributed by atoms with E-state index in [9.17, 15) is 0 Å². The zero-order chi connectivity index (χ0) is 14.7. The zero-order valence-corrected chi connectivity index (χ0v) is 13.3. The molecular formula is C17H22N2OS. The third-order valence-electron chi connectivity index (χ3n) is 3.90. The van der Waals surface area contributed by atoms with Crippen molar-refractivity contribution in [1.29, 1.82) is 0 Å². The molecule has 2 N–H and O–H groups in total. The number of nitrogens with two attached hydrogens (primary N) is 1. The van der Waals surface area contributed by atoms with Crippen molar-refractivity contribution >= 4 is 11.3 Å². The van der Waals surface area contributed by atoms with Crippen molar-refractivity contribution in [3.63, 3.8) is 0 Å². The molecule has 0 spiro atoms. The van der Waals surface area contributed by atoms with Gasteiger partial charge in [-0.1, -0.05) is 12.1 Å².